The van der Waals surface area contributed by atoms with Crippen molar-refractivity contribution in [2.45, 2.75) is 18.4 Å². The zero-order valence-corrected chi connectivity index (χ0v) is 10.8. The quantitative estimate of drug-likeness (QED) is 0.923. The minimum atomic E-state index is -0.618. The van der Waals surface area contributed by atoms with Gasteiger partial charge in [-0.05, 0) is 12.0 Å². The molecule has 1 fully saturated rings. The Labute approximate surface area is 110 Å². The number of thiazole rings is 1. The number of ether oxygens (including phenoxy) is 1. The van der Waals surface area contributed by atoms with E-state index in [2.05, 4.69) is 4.98 Å². The van der Waals surface area contributed by atoms with E-state index in [0.29, 0.717) is 5.92 Å². The summed E-state index contributed by atoms with van der Waals surface area (Å²) in [6.45, 7) is 1.57. The van der Waals surface area contributed by atoms with Gasteiger partial charge in [0.15, 0.2) is 0 Å². The summed E-state index contributed by atoms with van der Waals surface area (Å²) in [5, 5.41) is 13.1. The highest BCUT2D eigenvalue weighted by Crippen LogP contribution is 2.30. The zero-order valence-electron chi connectivity index (χ0n) is 9.95. The SMILES string of the molecule is OC(c1ccccc1)c1nc(C2CCOC2)cs1. The van der Waals surface area contributed by atoms with Crippen LogP contribution in [0.15, 0.2) is 35.7 Å². The Kier molecular flexibility index (Phi) is 3.41. The van der Waals surface area contributed by atoms with E-state index in [0.717, 1.165) is 35.9 Å². The lowest BCUT2D eigenvalue weighted by atomic mass is 10.1. The maximum absolute atomic E-state index is 10.3. The first-order valence-electron chi connectivity index (χ1n) is 6.10. The number of aromatic nitrogens is 1. The Hall–Kier alpha value is -1.23. The molecule has 1 aliphatic heterocycles. The summed E-state index contributed by atoms with van der Waals surface area (Å²) in [4.78, 5) is 4.56. The highest BCUT2D eigenvalue weighted by molar-refractivity contribution is 7.09. The molecule has 0 aliphatic carbocycles. The van der Waals surface area contributed by atoms with Crippen LogP contribution < -0.4 is 0 Å². The molecule has 1 aliphatic rings. The molecule has 0 amide bonds. The summed E-state index contributed by atoms with van der Waals surface area (Å²) in [5.41, 5.74) is 1.95. The van der Waals surface area contributed by atoms with Crippen LogP contribution in [0.3, 0.4) is 0 Å². The zero-order chi connectivity index (χ0) is 12.4. The highest BCUT2D eigenvalue weighted by Gasteiger charge is 2.22. The minimum absolute atomic E-state index is 0.401. The van der Waals surface area contributed by atoms with Crippen LogP contribution >= 0.6 is 11.3 Å². The fraction of sp³-hybridized carbons (Fsp3) is 0.357. The van der Waals surface area contributed by atoms with E-state index in [9.17, 15) is 5.11 Å². The average Bonchev–Trinajstić information content (AvgIpc) is 3.09. The molecular weight excluding hydrogens is 246 g/mol. The number of hydrogen-bond donors (Lipinski definition) is 1. The van der Waals surface area contributed by atoms with Gasteiger partial charge in [0.1, 0.15) is 11.1 Å². The smallest absolute Gasteiger partial charge is 0.131 e. The third-order valence-electron chi connectivity index (χ3n) is 3.24. The van der Waals surface area contributed by atoms with Crippen molar-refractivity contribution in [2.24, 2.45) is 0 Å². The minimum Gasteiger partial charge on any atom is -0.381 e. The van der Waals surface area contributed by atoms with Crippen LogP contribution in [-0.2, 0) is 4.74 Å². The van der Waals surface area contributed by atoms with Gasteiger partial charge in [-0.15, -0.1) is 11.3 Å². The van der Waals surface area contributed by atoms with Gasteiger partial charge in [-0.1, -0.05) is 30.3 Å². The van der Waals surface area contributed by atoms with E-state index in [1.807, 2.05) is 35.7 Å². The maximum Gasteiger partial charge on any atom is 0.131 e. The Morgan fingerprint density at radius 1 is 1.33 bits per heavy atom. The van der Waals surface area contributed by atoms with Gasteiger partial charge < -0.3 is 9.84 Å². The second-order valence-electron chi connectivity index (χ2n) is 4.48. The molecule has 1 N–H and O–H groups in total. The number of rotatable bonds is 3. The molecule has 0 spiro atoms. The van der Waals surface area contributed by atoms with Gasteiger partial charge in [-0.25, -0.2) is 4.98 Å². The number of hydrogen-bond acceptors (Lipinski definition) is 4. The van der Waals surface area contributed by atoms with Crippen molar-refractivity contribution in [3.05, 3.63) is 52.0 Å². The summed E-state index contributed by atoms with van der Waals surface area (Å²) in [5.74, 6) is 0.401. The Morgan fingerprint density at radius 3 is 2.89 bits per heavy atom. The molecule has 1 saturated heterocycles. The summed E-state index contributed by atoms with van der Waals surface area (Å²) in [7, 11) is 0. The Bertz CT molecular complexity index is 506. The first-order chi connectivity index (χ1) is 8.84. The van der Waals surface area contributed by atoms with E-state index in [1.54, 1.807) is 0 Å². The van der Waals surface area contributed by atoms with Gasteiger partial charge >= 0.3 is 0 Å². The first-order valence-corrected chi connectivity index (χ1v) is 6.98. The van der Waals surface area contributed by atoms with Crippen molar-refractivity contribution in [1.29, 1.82) is 0 Å². The molecule has 0 saturated carbocycles. The standard InChI is InChI=1S/C14H15NO2S/c16-13(10-4-2-1-3-5-10)14-15-12(9-18-14)11-6-7-17-8-11/h1-5,9,11,13,16H,6-8H2. The van der Waals surface area contributed by atoms with Crippen molar-refractivity contribution in [1.82, 2.24) is 4.98 Å². The lowest BCUT2D eigenvalue weighted by Gasteiger charge is -2.07. The predicted molar refractivity (Wildman–Crippen MR) is 70.8 cm³/mol. The van der Waals surface area contributed by atoms with Crippen LogP contribution in [0, 0.1) is 0 Å². The molecule has 2 heterocycles. The average molecular weight is 261 g/mol. The second-order valence-corrected chi connectivity index (χ2v) is 5.37. The lowest BCUT2D eigenvalue weighted by molar-refractivity contribution is 0.193. The third-order valence-corrected chi connectivity index (χ3v) is 4.15. The summed E-state index contributed by atoms with van der Waals surface area (Å²) >= 11 is 1.52. The molecule has 94 valence electrons. The van der Waals surface area contributed by atoms with Crippen molar-refractivity contribution in [3.63, 3.8) is 0 Å². The molecular formula is C14H15NO2S. The normalized spacial score (nSPS) is 21.1. The molecule has 2 aromatic rings. The molecule has 4 heteroatoms. The molecule has 0 bridgehead atoms. The van der Waals surface area contributed by atoms with Crippen molar-refractivity contribution in [2.75, 3.05) is 13.2 Å². The van der Waals surface area contributed by atoms with E-state index in [1.165, 1.54) is 11.3 Å². The molecule has 3 rings (SSSR count). The number of aliphatic hydroxyl groups is 1. The molecule has 2 unspecified atom stereocenters. The largest absolute Gasteiger partial charge is 0.381 e. The van der Waals surface area contributed by atoms with Gasteiger partial charge in [0.25, 0.3) is 0 Å². The van der Waals surface area contributed by atoms with Crippen molar-refractivity contribution < 1.29 is 9.84 Å². The molecule has 2 atom stereocenters. The van der Waals surface area contributed by atoms with E-state index in [-0.39, 0.29) is 0 Å². The van der Waals surface area contributed by atoms with Gasteiger partial charge in [-0.2, -0.15) is 0 Å². The molecule has 18 heavy (non-hydrogen) atoms. The molecule has 1 aromatic carbocycles. The third kappa shape index (κ3) is 2.32. The fourth-order valence-corrected chi connectivity index (χ4v) is 3.07. The summed E-state index contributed by atoms with van der Waals surface area (Å²) < 4.78 is 5.37. The van der Waals surface area contributed by atoms with Crippen LogP contribution in [0.2, 0.25) is 0 Å². The second kappa shape index (κ2) is 5.18. The summed E-state index contributed by atoms with van der Waals surface area (Å²) in [6.07, 6.45) is 0.414. The number of nitrogens with zero attached hydrogens (tertiary/aromatic N) is 1. The first kappa shape index (κ1) is 11.8. The van der Waals surface area contributed by atoms with Crippen molar-refractivity contribution in [3.8, 4) is 0 Å². The Balaban J connectivity index is 1.80. The Morgan fingerprint density at radius 2 is 2.17 bits per heavy atom. The van der Waals surface area contributed by atoms with E-state index in [4.69, 9.17) is 4.74 Å². The van der Waals surface area contributed by atoms with Crippen LogP contribution in [0.1, 0.15) is 34.7 Å². The predicted octanol–water partition coefficient (Wildman–Crippen LogP) is 2.73. The van der Waals surface area contributed by atoms with Gasteiger partial charge in [0, 0.05) is 17.9 Å². The maximum atomic E-state index is 10.3. The highest BCUT2D eigenvalue weighted by atomic mass is 32.1. The van der Waals surface area contributed by atoms with Gasteiger partial charge in [0.05, 0.1) is 12.3 Å². The van der Waals surface area contributed by atoms with E-state index < -0.39 is 6.10 Å². The summed E-state index contributed by atoms with van der Waals surface area (Å²) in [6, 6.07) is 9.64. The molecule has 1 aromatic heterocycles. The lowest BCUT2D eigenvalue weighted by Crippen LogP contribution is -2.02. The van der Waals surface area contributed by atoms with Crippen LogP contribution in [0.4, 0.5) is 0 Å². The number of aliphatic hydroxyl groups excluding tert-OH is 1. The van der Waals surface area contributed by atoms with Gasteiger partial charge in [0.2, 0.25) is 0 Å². The number of benzene rings is 1. The van der Waals surface area contributed by atoms with Crippen LogP contribution in [0.25, 0.3) is 0 Å². The van der Waals surface area contributed by atoms with Crippen LogP contribution in [0.5, 0.6) is 0 Å². The van der Waals surface area contributed by atoms with Crippen LogP contribution in [-0.4, -0.2) is 23.3 Å². The molecule has 0 radical (unpaired) electrons. The fourth-order valence-electron chi connectivity index (χ4n) is 2.16. The topological polar surface area (TPSA) is 42.4 Å². The monoisotopic (exact) mass is 261 g/mol. The van der Waals surface area contributed by atoms with Crippen molar-refractivity contribution >= 4 is 11.3 Å². The van der Waals surface area contributed by atoms with Gasteiger partial charge in [-0.3, -0.25) is 0 Å². The molecule has 3 nitrogen and oxygen atoms in total. The van der Waals surface area contributed by atoms with E-state index >= 15 is 0 Å².